The van der Waals surface area contributed by atoms with E-state index in [9.17, 15) is 10.1 Å². The molecule has 7 nitrogen and oxygen atoms in total. The Morgan fingerprint density at radius 1 is 1.24 bits per heavy atom. The van der Waals surface area contributed by atoms with Crippen LogP contribution in [-0.2, 0) is 13.1 Å². The molecule has 2 aromatic rings. The summed E-state index contributed by atoms with van der Waals surface area (Å²) < 4.78 is 0. The molecule has 132 valence electrons. The van der Waals surface area contributed by atoms with E-state index in [1.807, 2.05) is 18.2 Å². The van der Waals surface area contributed by atoms with Gasteiger partial charge in [-0.1, -0.05) is 18.2 Å². The summed E-state index contributed by atoms with van der Waals surface area (Å²) in [5.41, 5.74) is 1.92. The van der Waals surface area contributed by atoms with Crippen LogP contribution in [0.4, 0.5) is 5.69 Å². The Morgan fingerprint density at radius 2 is 2.04 bits per heavy atom. The quantitative estimate of drug-likeness (QED) is 0.247. The van der Waals surface area contributed by atoms with Crippen molar-refractivity contribution in [3.05, 3.63) is 70.0 Å². The van der Waals surface area contributed by atoms with Crippen molar-refractivity contribution in [2.24, 2.45) is 4.99 Å². The van der Waals surface area contributed by atoms with Crippen LogP contribution < -0.4 is 10.6 Å². The van der Waals surface area contributed by atoms with Crippen molar-refractivity contribution in [3.8, 4) is 0 Å². The first-order valence-corrected chi connectivity index (χ1v) is 9.23. The van der Waals surface area contributed by atoms with E-state index in [-0.39, 0.29) is 5.69 Å². The van der Waals surface area contributed by atoms with Gasteiger partial charge in [0, 0.05) is 30.6 Å². The van der Waals surface area contributed by atoms with Crippen LogP contribution in [0.25, 0.3) is 0 Å². The molecule has 25 heavy (non-hydrogen) atoms. The van der Waals surface area contributed by atoms with Gasteiger partial charge in [0.2, 0.25) is 0 Å². The Bertz CT molecular complexity index is 692. The van der Waals surface area contributed by atoms with E-state index in [4.69, 9.17) is 0 Å². The zero-order chi connectivity index (χ0) is 17.9. The number of non-ortho nitro benzene ring substituents is 1. The predicted octanol–water partition coefficient (Wildman–Crippen LogP) is 2.59. The molecule has 2 rings (SSSR count). The first-order valence-electron chi connectivity index (χ1n) is 7.83. The lowest BCUT2D eigenvalue weighted by Gasteiger charge is -2.12. The number of nitrogens with one attached hydrogen (secondary N) is 2. The molecular formula is C17H21N5O2S. The molecule has 0 aliphatic rings. The standard InChI is InChI=1S/C17H21N5O2S/c1-25-11-10-19-17(21-13-15-4-2-3-9-18-15)20-12-14-5-7-16(8-6-14)22(23)24/h2-9H,10-13H2,1H3,(H2,19,20,21). The summed E-state index contributed by atoms with van der Waals surface area (Å²) in [6.45, 7) is 1.82. The van der Waals surface area contributed by atoms with Gasteiger partial charge in [-0.25, -0.2) is 4.99 Å². The number of hydrogen-bond donors (Lipinski definition) is 2. The summed E-state index contributed by atoms with van der Waals surface area (Å²) in [5, 5.41) is 17.2. The average molecular weight is 359 g/mol. The monoisotopic (exact) mass is 359 g/mol. The molecule has 0 amide bonds. The zero-order valence-corrected chi connectivity index (χ0v) is 14.8. The lowest BCUT2D eigenvalue weighted by atomic mass is 10.2. The van der Waals surface area contributed by atoms with E-state index in [1.165, 1.54) is 12.1 Å². The van der Waals surface area contributed by atoms with Crippen molar-refractivity contribution in [3.63, 3.8) is 0 Å². The number of rotatable bonds is 8. The molecule has 0 bridgehead atoms. The van der Waals surface area contributed by atoms with Crippen molar-refractivity contribution in [2.75, 3.05) is 18.6 Å². The maximum Gasteiger partial charge on any atom is 0.269 e. The summed E-state index contributed by atoms with van der Waals surface area (Å²) in [4.78, 5) is 19.1. The van der Waals surface area contributed by atoms with Crippen LogP contribution in [0.5, 0.6) is 0 Å². The third-order valence-electron chi connectivity index (χ3n) is 3.33. The van der Waals surface area contributed by atoms with Gasteiger partial charge in [-0.2, -0.15) is 11.8 Å². The molecule has 0 spiro atoms. The van der Waals surface area contributed by atoms with E-state index >= 15 is 0 Å². The normalized spacial score (nSPS) is 11.2. The molecule has 2 N–H and O–H groups in total. The lowest BCUT2D eigenvalue weighted by Crippen LogP contribution is -2.38. The number of nitrogens with zero attached hydrogens (tertiary/aromatic N) is 3. The van der Waals surface area contributed by atoms with Gasteiger partial charge < -0.3 is 10.6 Å². The van der Waals surface area contributed by atoms with Gasteiger partial charge in [-0.05, 0) is 24.0 Å². The van der Waals surface area contributed by atoms with Crippen LogP contribution in [0.3, 0.4) is 0 Å². The van der Waals surface area contributed by atoms with Gasteiger partial charge >= 0.3 is 0 Å². The molecule has 8 heteroatoms. The number of nitro groups is 1. The average Bonchev–Trinajstić information content (AvgIpc) is 2.65. The topological polar surface area (TPSA) is 92.5 Å². The van der Waals surface area contributed by atoms with Gasteiger partial charge in [-0.15, -0.1) is 0 Å². The molecule has 0 atom stereocenters. The Labute approximate surface area is 151 Å². The number of hydrogen-bond acceptors (Lipinski definition) is 5. The second-order valence-electron chi connectivity index (χ2n) is 5.18. The van der Waals surface area contributed by atoms with Gasteiger partial charge in [-0.3, -0.25) is 15.1 Å². The molecule has 0 saturated carbocycles. The Morgan fingerprint density at radius 3 is 2.68 bits per heavy atom. The summed E-state index contributed by atoms with van der Waals surface area (Å²) in [6.07, 6.45) is 3.81. The molecule has 1 aromatic heterocycles. The minimum absolute atomic E-state index is 0.0827. The van der Waals surface area contributed by atoms with E-state index in [0.717, 1.165) is 23.6 Å². The molecule has 0 saturated heterocycles. The first kappa shape index (κ1) is 18.7. The highest BCUT2D eigenvalue weighted by molar-refractivity contribution is 7.98. The van der Waals surface area contributed by atoms with Crippen molar-refractivity contribution >= 4 is 23.4 Å². The molecule has 0 fully saturated rings. The fourth-order valence-corrected chi connectivity index (χ4v) is 2.32. The minimum atomic E-state index is -0.406. The largest absolute Gasteiger partial charge is 0.356 e. The smallest absolute Gasteiger partial charge is 0.269 e. The van der Waals surface area contributed by atoms with E-state index in [2.05, 4.69) is 26.9 Å². The van der Waals surface area contributed by atoms with Gasteiger partial charge in [0.1, 0.15) is 0 Å². The van der Waals surface area contributed by atoms with Gasteiger partial charge in [0.05, 0.1) is 23.7 Å². The number of benzene rings is 1. The fraction of sp³-hybridized carbons (Fsp3) is 0.294. The number of thioether (sulfide) groups is 1. The molecule has 0 radical (unpaired) electrons. The number of nitro benzene ring substituents is 1. The third kappa shape index (κ3) is 6.80. The number of aliphatic imine (C=N–C) groups is 1. The van der Waals surface area contributed by atoms with Crippen LogP contribution in [-0.4, -0.2) is 34.4 Å². The highest BCUT2D eigenvalue weighted by atomic mass is 32.2. The molecule has 0 aliphatic carbocycles. The summed E-state index contributed by atoms with van der Waals surface area (Å²) in [5.74, 6) is 1.67. The zero-order valence-electron chi connectivity index (χ0n) is 14.0. The number of guanidine groups is 1. The second-order valence-corrected chi connectivity index (χ2v) is 6.17. The number of aromatic nitrogens is 1. The molecule has 0 unspecified atom stereocenters. The van der Waals surface area contributed by atoms with Crippen molar-refractivity contribution in [1.29, 1.82) is 0 Å². The molecular weight excluding hydrogens is 338 g/mol. The van der Waals surface area contributed by atoms with Crippen LogP contribution in [0, 0.1) is 10.1 Å². The van der Waals surface area contributed by atoms with Crippen molar-refractivity contribution < 1.29 is 4.92 Å². The number of pyridine rings is 1. The predicted molar refractivity (Wildman–Crippen MR) is 102 cm³/mol. The minimum Gasteiger partial charge on any atom is -0.356 e. The third-order valence-corrected chi connectivity index (χ3v) is 3.94. The Kier molecular flexibility index (Phi) is 7.71. The van der Waals surface area contributed by atoms with Crippen LogP contribution >= 0.6 is 11.8 Å². The maximum absolute atomic E-state index is 10.7. The summed E-state index contributed by atoms with van der Waals surface area (Å²) >= 11 is 1.76. The Hall–Kier alpha value is -2.61. The fourth-order valence-electron chi connectivity index (χ4n) is 2.02. The maximum atomic E-state index is 10.7. The first-order chi connectivity index (χ1) is 12.2. The van der Waals surface area contributed by atoms with Gasteiger partial charge in [0.25, 0.3) is 5.69 Å². The van der Waals surface area contributed by atoms with Crippen molar-refractivity contribution in [1.82, 2.24) is 15.6 Å². The van der Waals surface area contributed by atoms with Crippen LogP contribution in [0.2, 0.25) is 0 Å². The Balaban J connectivity index is 1.97. The van der Waals surface area contributed by atoms with Gasteiger partial charge in [0.15, 0.2) is 5.96 Å². The highest BCUT2D eigenvalue weighted by Crippen LogP contribution is 2.12. The SMILES string of the molecule is CSCCNC(=NCc1ccc([N+](=O)[O-])cc1)NCc1ccccn1. The highest BCUT2D eigenvalue weighted by Gasteiger charge is 2.04. The molecule has 1 heterocycles. The molecule has 0 aliphatic heterocycles. The van der Waals surface area contributed by atoms with E-state index in [1.54, 1.807) is 30.1 Å². The van der Waals surface area contributed by atoms with Crippen LogP contribution in [0.1, 0.15) is 11.3 Å². The molecule has 1 aromatic carbocycles. The van der Waals surface area contributed by atoms with E-state index in [0.29, 0.717) is 19.0 Å². The lowest BCUT2D eigenvalue weighted by molar-refractivity contribution is -0.384. The summed E-state index contributed by atoms with van der Waals surface area (Å²) in [7, 11) is 0. The second kappa shape index (κ2) is 10.3. The summed E-state index contributed by atoms with van der Waals surface area (Å²) in [6, 6.07) is 12.2. The van der Waals surface area contributed by atoms with Crippen LogP contribution in [0.15, 0.2) is 53.7 Å². The van der Waals surface area contributed by atoms with Crippen molar-refractivity contribution in [2.45, 2.75) is 13.1 Å². The van der Waals surface area contributed by atoms with E-state index < -0.39 is 4.92 Å².